The summed E-state index contributed by atoms with van der Waals surface area (Å²) >= 11 is 0. The third-order valence-electron chi connectivity index (χ3n) is 9.76. The highest BCUT2D eigenvalue weighted by molar-refractivity contribution is 5.86. The number of amides is 2. The molecule has 0 bridgehead atoms. The van der Waals surface area contributed by atoms with E-state index in [2.05, 4.69) is 44.7 Å². The third kappa shape index (κ3) is 6.81. The first-order valence-corrected chi connectivity index (χ1v) is 15.4. The maximum absolute atomic E-state index is 15.1. The minimum atomic E-state index is -0.652. The molecule has 42 heavy (non-hydrogen) atoms. The normalized spacial score (nSPS) is 27.6. The van der Waals surface area contributed by atoms with Crippen molar-refractivity contribution in [2.24, 2.45) is 21.9 Å². The number of rotatable bonds is 5. The van der Waals surface area contributed by atoms with Gasteiger partial charge in [0.15, 0.2) is 0 Å². The maximum Gasteiger partial charge on any atom is 0.228 e. The minimum absolute atomic E-state index is 0.0669. The Morgan fingerprint density at radius 2 is 1.67 bits per heavy atom. The summed E-state index contributed by atoms with van der Waals surface area (Å²) in [5.74, 6) is -2.42. The number of carbonyl (C=O) groups excluding carboxylic acids is 2. The predicted octanol–water partition coefficient (Wildman–Crippen LogP) is 6.05. The first kappa shape index (κ1) is 32.4. The molecule has 2 aliphatic heterocycles. The summed E-state index contributed by atoms with van der Waals surface area (Å²) in [6, 6.07) is 2.94. The second kappa shape index (κ2) is 11.9. The number of hydrogen-bond donors (Lipinski definition) is 1. The molecular formula is C33H50F2N4O3. The molecule has 1 aromatic rings. The van der Waals surface area contributed by atoms with E-state index in [0.29, 0.717) is 31.6 Å². The third-order valence-corrected chi connectivity index (χ3v) is 9.76. The van der Waals surface area contributed by atoms with E-state index in [4.69, 9.17) is 0 Å². The van der Waals surface area contributed by atoms with Crippen LogP contribution in [0.5, 0.6) is 0 Å². The summed E-state index contributed by atoms with van der Waals surface area (Å²) in [6.07, 6.45) is 5.73. The lowest BCUT2D eigenvalue weighted by atomic mass is 9.74. The zero-order chi connectivity index (χ0) is 31.2. The molecule has 7 nitrogen and oxygen atoms in total. The first-order valence-electron chi connectivity index (χ1n) is 15.4. The van der Waals surface area contributed by atoms with E-state index in [1.54, 1.807) is 4.90 Å². The van der Waals surface area contributed by atoms with E-state index in [0.717, 1.165) is 31.7 Å². The Labute approximate surface area is 250 Å². The van der Waals surface area contributed by atoms with Gasteiger partial charge in [0.25, 0.3) is 0 Å². The van der Waals surface area contributed by atoms with Crippen molar-refractivity contribution < 1.29 is 23.6 Å². The van der Waals surface area contributed by atoms with E-state index in [1.165, 1.54) is 18.3 Å². The van der Waals surface area contributed by atoms with Crippen LogP contribution in [0.25, 0.3) is 0 Å². The smallest absolute Gasteiger partial charge is 0.228 e. The van der Waals surface area contributed by atoms with Crippen LogP contribution in [-0.2, 0) is 9.59 Å². The van der Waals surface area contributed by atoms with Gasteiger partial charge >= 0.3 is 0 Å². The van der Waals surface area contributed by atoms with Gasteiger partial charge in [-0.15, -0.1) is 0 Å². The Hall–Kier alpha value is -2.55. The number of nitrogens with zero attached hydrogens (tertiary/aromatic N) is 4. The van der Waals surface area contributed by atoms with Gasteiger partial charge in [-0.2, -0.15) is 0 Å². The van der Waals surface area contributed by atoms with Crippen LogP contribution < -0.4 is 0 Å². The van der Waals surface area contributed by atoms with Crippen LogP contribution >= 0.6 is 0 Å². The molecule has 0 unspecified atom stereocenters. The predicted molar refractivity (Wildman–Crippen MR) is 160 cm³/mol. The fraction of sp³-hybridized carbons (Fsp3) is 0.727. The van der Waals surface area contributed by atoms with Gasteiger partial charge in [0.1, 0.15) is 11.6 Å². The lowest BCUT2D eigenvalue weighted by molar-refractivity contribution is -0.147. The topological polar surface area (TPSA) is 76.5 Å². The summed E-state index contributed by atoms with van der Waals surface area (Å²) in [4.78, 5) is 34.3. The van der Waals surface area contributed by atoms with Gasteiger partial charge in [-0.3, -0.25) is 14.5 Å². The van der Waals surface area contributed by atoms with E-state index in [1.807, 2.05) is 25.7 Å². The van der Waals surface area contributed by atoms with Crippen LogP contribution in [0, 0.1) is 28.4 Å². The summed E-state index contributed by atoms with van der Waals surface area (Å²) in [7, 11) is 0. The number of benzene rings is 1. The van der Waals surface area contributed by atoms with Crippen molar-refractivity contribution in [3.8, 4) is 0 Å². The molecule has 3 fully saturated rings. The van der Waals surface area contributed by atoms with Crippen molar-refractivity contribution in [1.82, 2.24) is 14.7 Å². The zero-order valence-corrected chi connectivity index (χ0v) is 26.7. The molecule has 1 aromatic carbocycles. The van der Waals surface area contributed by atoms with Crippen LogP contribution in [0.2, 0.25) is 0 Å². The molecular weight excluding hydrogens is 538 g/mol. The first-order chi connectivity index (χ1) is 19.4. The molecule has 2 heterocycles. The highest BCUT2D eigenvalue weighted by Gasteiger charge is 2.49. The van der Waals surface area contributed by atoms with Crippen molar-refractivity contribution in [2.45, 2.75) is 117 Å². The second-order valence-electron chi connectivity index (χ2n) is 15.5. The van der Waals surface area contributed by atoms with E-state index >= 15 is 4.39 Å². The molecule has 1 aliphatic carbocycles. The molecule has 1 saturated carbocycles. The van der Waals surface area contributed by atoms with Crippen LogP contribution in [0.1, 0.15) is 99.0 Å². The van der Waals surface area contributed by atoms with Crippen molar-refractivity contribution in [2.75, 3.05) is 19.6 Å². The average molecular weight is 589 g/mol. The highest BCUT2D eigenvalue weighted by Crippen LogP contribution is 2.42. The number of carbonyl (C=O) groups is 2. The van der Waals surface area contributed by atoms with Crippen molar-refractivity contribution in [3.63, 3.8) is 0 Å². The largest absolute Gasteiger partial charge is 0.411 e. The molecule has 4 atom stereocenters. The van der Waals surface area contributed by atoms with E-state index in [-0.39, 0.29) is 34.9 Å². The summed E-state index contributed by atoms with van der Waals surface area (Å²) in [5, 5.41) is 12.9. The van der Waals surface area contributed by atoms with Gasteiger partial charge in [0, 0.05) is 48.6 Å². The number of halogens is 2. The Balaban J connectivity index is 1.66. The van der Waals surface area contributed by atoms with Crippen LogP contribution in [0.3, 0.4) is 0 Å². The fourth-order valence-corrected chi connectivity index (χ4v) is 7.13. The lowest BCUT2D eigenvalue weighted by Crippen LogP contribution is -2.54. The molecule has 0 spiro atoms. The van der Waals surface area contributed by atoms with Gasteiger partial charge in [-0.25, -0.2) is 8.78 Å². The SMILES string of the molecule is CC1(C)CCC(N(C(=O)C(C)(C)C)[C@H]2C[C@@H](C=NO)N(C(=O)[C@@H]3CN(C(C)(C)C)C[C@H]3c3ccc(F)cc3F)C2)CC1. The van der Waals surface area contributed by atoms with Crippen LogP contribution in [0.4, 0.5) is 8.78 Å². The Kier molecular flexibility index (Phi) is 9.13. The van der Waals surface area contributed by atoms with Gasteiger partial charge in [-0.1, -0.05) is 45.8 Å². The second-order valence-corrected chi connectivity index (χ2v) is 15.5. The average Bonchev–Trinajstić information content (AvgIpc) is 3.50. The Morgan fingerprint density at radius 3 is 2.21 bits per heavy atom. The molecule has 0 aromatic heterocycles. The monoisotopic (exact) mass is 588 g/mol. The van der Waals surface area contributed by atoms with Crippen LogP contribution in [-0.4, -0.2) is 81.2 Å². The van der Waals surface area contributed by atoms with Crippen molar-refractivity contribution in [1.29, 1.82) is 0 Å². The molecule has 2 amide bonds. The number of oxime groups is 1. The fourth-order valence-electron chi connectivity index (χ4n) is 7.13. The van der Waals surface area contributed by atoms with Gasteiger partial charge in [0.2, 0.25) is 11.8 Å². The number of hydrogen-bond acceptors (Lipinski definition) is 5. The summed E-state index contributed by atoms with van der Waals surface area (Å²) in [6.45, 7) is 17.7. The van der Waals surface area contributed by atoms with Gasteiger partial charge in [-0.05, 0) is 69.9 Å². The maximum atomic E-state index is 15.1. The molecule has 3 aliphatic rings. The van der Waals surface area contributed by atoms with Crippen LogP contribution in [0.15, 0.2) is 23.4 Å². The lowest BCUT2D eigenvalue weighted by Gasteiger charge is -2.45. The molecule has 2 saturated heterocycles. The minimum Gasteiger partial charge on any atom is -0.411 e. The Bertz CT molecular complexity index is 1180. The quantitative estimate of drug-likeness (QED) is 0.258. The van der Waals surface area contributed by atoms with E-state index < -0.39 is 34.9 Å². The van der Waals surface area contributed by atoms with Crippen molar-refractivity contribution >= 4 is 18.0 Å². The molecule has 0 radical (unpaired) electrons. The summed E-state index contributed by atoms with van der Waals surface area (Å²) < 4.78 is 28.9. The van der Waals surface area contributed by atoms with Gasteiger partial charge < -0.3 is 15.0 Å². The molecule has 9 heteroatoms. The van der Waals surface area contributed by atoms with E-state index in [9.17, 15) is 19.2 Å². The molecule has 234 valence electrons. The summed E-state index contributed by atoms with van der Waals surface area (Å²) in [5.41, 5.74) is -0.273. The highest BCUT2D eigenvalue weighted by atomic mass is 19.1. The van der Waals surface area contributed by atoms with Gasteiger partial charge in [0.05, 0.1) is 24.2 Å². The number of likely N-dealkylation sites (tertiary alicyclic amines) is 2. The molecule has 1 N–H and O–H groups in total. The standard InChI is InChI=1S/C33H50F2N4O3/c1-31(2,3)30(41)39(22-11-13-33(7,8)14-12-22)24-16-23(17-36-42)38(18-24)29(40)27-20-37(32(4,5)6)19-26(27)25-10-9-21(34)15-28(25)35/h9-10,15,17,22-24,26-27,42H,11-14,16,18-20H2,1-8H3/t23-,24-,26-,27+/m0/s1. The Morgan fingerprint density at radius 1 is 1.02 bits per heavy atom. The zero-order valence-electron chi connectivity index (χ0n) is 26.7. The molecule has 4 rings (SSSR count). The van der Waals surface area contributed by atoms with Crippen molar-refractivity contribution in [3.05, 3.63) is 35.4 Å².